The van der Waals surface area contributed by atoms with Crippen LogP contribution in [0.5, 0.6) is 5.75 Å². The smallest absolute Gasteiger partial charge is 0.378 e. The fraction of sp³-hybridized carbons (Fsp3) is 0.389. The number of furan rings is 1. The standard InChI is InChI=1S/C18H19ClFO7P/c1-18(2)10-25-28(22,26-11-18)17(15-4-3-7-23-15)27-16(21)9-24-14-6-5-12(20)8-13(14)19/h3-8,17H,9-11H2,1-2H3. The molecule has 1 unspecified atom stereocenters. The molecule has 0 N–H and O–H groups in total. The van der Waals surface area contributed by atoms with Gasteiger partial charge in [0.15, 0.2) is 12.4 Å². The molecule has 1 aromatic carbocycles. The minimum Gasteiger partial charge on any atom is -0.480 e. The van der Waals surface area contributed by atoms with Crippen molar-refractivity contribution in [3.05, 3.63) is 53.2 Å². The van der Waals surface area contributed by atoms with E-state index in [-0.39, 0.29) is 35.2 Å². The molecule has 0 spiro atoms. The fourth-order valence-electron chi connectivity index (χ4n) is 2.34. The maximum atomic E-state index is 13.1. The molecule has 28 heavy (non-hydrogen) atoms. The Balaban J connectivity index is 1.70. The lowest BCUT2D eigenvalue weighted by molar-refractivity contribution is -0.150. The highest BCUT2D eigenvalue weighted by Crippen LogP contribution is 2.64. The summed E-state index contributed by atoms with van der Waals surface area (Å²) < 4.78 is 52.9. The second-order valence-corrected chi connectivity index (χ2v) is 9.44. The van der Waals surface area contributed by atoms with Crippen LogP contribution in [-0.4, -0.2) is 25.8 Å². The Hall–Kier alpha value is -1.86. The van der Waals surface area contributed by atoms with Crippen LogP contribution in [-0.2, 0) is 23.1 Å². The monoisotopic (exact) mass is 432 g/mol. The van der Waals surface area contributed by atoms with Crippen molar-refractivity contribution in [3.63, 3.8) is 0 Å². The van der Waals surface area contributed by atoms with E-state index in [0.717, 1.165) is 12.1 Å². The van der Waals surface area contributed by atoms with Crippen molar-refractivity contribution in [2.75, 3.05) is 19.8 Å². The zero-order chi connectivity index (χ0) is 20.4. The lowest BCUT2D eigenvalue weighted by atomic mass is 9.97. The minimum absolute atomic E-state index is 0.00404. The Morgan fingerprint density at radius 1 is 1.32 bits per heavy atom. The summed E-state index contributed by atoms with van der Waals surface area (Å²) in [6.45, 7) is 3.57. The van der Waals surface area contributed by atoms with Crippen molar-refractivity contribution in [1.82, 2.24) is 0 Å². The van der Waals surface area contributed by atoms with E-state index in [0.29, 0.717) is 0 Å². The molecule has 0 amide bonds. The van der Waals surface area contributed by atoms with Gasteiger partial charge in [0.2, 0.25) is 0 Å². The lowest BCUT2D eigenvalue weighted by Crippen LogP contribution is -2.31. The van der Waals surface area contributed by atoms with Crippen molar-refractivity contribution in [3.8, 4) is 5.75 Å². The maximum absolute atomic E-state index is 13.1. The van der Waals surface area contributed by atoms with Crippen LogP contribution in [0.4, 0.5) is 4.39 Å². The first-order chi connectivity index (χ1) is 13.2. The third kappa shape index (κ3) is 4.94. The van der Waals surface area contributed by atoms with Gasteiger partial charge in [0.25, 0.3) is 5.85 Å². The molecule has 7 nitrogen and oxygen atoms in total. The predicted molar refractivity (Wildman–Crippen MR) is 97.7 cm³/mol. The van der Waals surface area contributed by atoms with Gasteiger partial charge in [0, 0.05) is 5.41 Å². The van der Waals surface area contributed by atoms with Crippen LogP contribution in [0.3, 0.4) is 0 Å². The quantitative estimate of drug-likeness (QED) is 0.471. The van der Waals surface area contributed by atoms with Crippen molar-refractivity contribution >= 4 is 25.2 Å². The van der Waals surface area contributed by atoms with Crippen LogP contribution in [0.1, 0.15) is 25.5 Å². The zero-order valence-electron chi connectivity index (χ0n) is 15.2. The van der Waals surface area contributed by atoms with E-state index in [1.807, 2.05) is 13.8 Å². The van der Waals surface area contributed by atoms with E-state index in [9.17, 15) is 13.8 Å². The first kappa shape index (κ1) is 20.9. The maximum Gasteiger partial charge on any atom is 0.378 e. The fourth-order valence-corrected chi connectivity index (χ4v) is 4.67. The van der Waals surface area contributed by atoms with Crippen LogP contribution in [0.15, 0.2) is 41.0 Å². The van der Waals surface area contributed by atoms with Gasteiger partial charge < -0.3 is 22.9 Å². The van der Waals surface area contributed by atoms with Gasteiger partial charge in [-0.2, -0.15) is 0 Å². The van der Waals surface area contributed by atoms with E-state index < -0.39 is 31.8 Å². The van der Waals surface area contributed by atoms with Gasteiger partial charge in [-0.3, -0.25) is 4.57 Å². The summed E-state index contributed by atoms with van der Waals surface area (Å²) in [5, 5.41) is 0.00404. The van der Waals surface area contributed by atoms with Gasteiger partial charge in [-0.05, 0) is 30.3 Å². The molecule has 1 atom stereocenters. The van der Waals surface area contributed by atoms with Gasteiger partial charge in [-0.25, -0.2) is 9.18 Å². The highest BCUT2D eigenvalue weighted by Gasteiger charge is 2.47. The Labute approximate surface area is 166 Å². The summed E-state index contributed by atoms with van der Waals surface area (Å²) in [6, 6.07) is 6.54. The van der Waals surface area contributed by atoms with Crippen LogP contribution in [0.2, 0.25) is 5.02 Å². The first-order valence-corrected chi connectivity index (χ1v) is 10.4. The van der Waals surface area contributed by atoms with Crippen LogP contribution < -0.4 is 4.74 Å². The summed E-state index contributed by atoms with van der Waals surface area (Å²) in [4.78, 5) is 12.3. The molecule has 0 saturated carbocycles. The topological polar surface area (TPSA) is 84.2 Å². The van der Waals surface area contributed by atoms with Gasteiger partial charge >= 0.3 is 13.6 Å². The van der Waals surface area contributed by atoms with E-state index >= 15 is 0 Å². The SMILES string of the molecule is CC1(C)COP(=O)(C(OC(=O)COc2ccc(F)cc2Cl)c2ccco2)OC1. The second kappa shape index (κ2) is 8.25. The highest BCUT2D eigenvalue weighted by atomic mass is 35.5. The molecule has 1 saturated heterocycles. The number of carbonyl (C=O) groups excluding carboxylic acids is 1. The molecule has 2 heterocycles. The van der Waals surface area contributed by atoms with Crippen LogP contribution in [0.25, 0.3) is 0 Å². The molecular weight excluding hydrogens is 414 g/mol. The van der Waals surface area contributed by atoms with Crippen LogP contribution >= 0.6 is 19.2 Å². The third-order valence-corrected chi connectivity index (χ3v) is 6.03. The van der Waals surface area contributed by atoms with Gasteiger partial charge in [0.1, 0.15) is 11.6 Å². The normalized spacial score (nSPS) is 19.0. The van der Waals surface area contributed by atoms with E-state index in [1.165, 1.54) is 18.4 Å². The number of ether oxygens (including phenoxy) is 2. The molecule has 0 bridgehead atoms. The molecule has 1 fully saturated rings. The molecule has 0 radical (unpaired) electrons. The molecule has 3 rings (SSSR count). The Morgan fingerprint density at radius 2 is 2.04 bits per heavy atom. The predicted octanol–water partition coefficient (Wildman–Crippen LogP) is 4.96. The molecule has 0 aliphatic carbocycles. The largest absolute Gasteiger partial charge is 0.480 e. The molecule has 10 heteroatoms. The van der Waals surface area contributed by atoms with Crippen molar-refractivity contribution in [2.24, 2.45) is 5.41 Å². The van der Waals surface area contributed by atoms with E-state index in [4.69, 9.17) is 34.5 Å². The average Bonchev–Trinajstić information content (AvgIpc) is 3.16. The Morgan fingerprint density at radius 3 is 2.64 bits per heavy atom. The molecule has 2 aromatic rings. The molecule has 1 aliphatic rings. The van der Waals surface area contributed by atoms with Gasteiger partial charge in [-0.15, -0.1) is 0 Å². The average molecular weight is 433 g/mol. The number of benzene rings is 1. The third-order valence-electron chi connectivity index (χ3n) is 3.83. The van der Waals surface area contributed by atoms with Gasteiger partial charge in [-0.1, -0.05) is 25.4 Å². The summed E-state index contributed by atoms with van der Waals surface area (Å²) in [6.07, 6.45) is 1.35. The van der Waals surface area contributed by atoms with E-state index in [2.05, 4.69) is 0 Å². The first-order valence-electron chi connectivity index (χ1n) is 8.38. The van der Waals surface area contributed by atoms with Crippen molar-refractivity contribution in [2.45, 2.75) is 19.7 Å². The number of hydrogen-bond donors (Lipinski definition) is 0. The summed E-state index contributed by atoms with van der Waals surface area (Å²) in [7, 11) is -3.83. The Bertz CT molecular complexity index is 870. The lowest BCUT2D eigenvalue weighted by Gasteiger charge is -2.36. The number of hydrogen-bond acceptors (Lipinski definition) is 7. The summed E-state index contributed by atoms with van der Waals surface area (Å²) >= 11 is 5.85. The summed E-state index contributed by atoms with van der Waals surface area (Å²) in [5.41, 5.74) is -0.325. The number of halogens is 2. The number of esters is 1. The minimum atomic E-state index is -3.83. The number of carbonyl (C=O) groups is 1. The molecule has 152 valence electrons. The second-order valence-electron chi connectivity index (χ2n) is 6.97. The molecular formula is C18H19ClFO7P. The Kier molecular flexibility index (Phi) is 6.15. The zero-order valence-corrected chi connectivity index (χ0v) is 16.9. The van der Waals surface area contributed by atoms with E-state index in [1.54, 1.807) is 6.07 Å². The number of rotatable bonds is 6. The van der Waals surface area contributed by atoms with Crippen molar-refractivity contribution in [1.29, 1.82) is 0 Å². The van der Waals surface area contributed by atoms with Crippen molar-refractivity contribution < 1.29 is 36.7 Å². The molecule has 1 aliphatic heterocycles. The van der Waals surface area contributed by atoms with Crippen LogP contribution in [0, 0.1) is 11.2 Å². The molecule has 1 aromatic heterocycles. The van der Waals surface area contributed by atoms with Gasteiger partial charge in [0.05, 0.1) is 24.5 Å². The highest BCUT2D eigenvalue weighted by molar-refractivity contribution is 7.54. The summed E-state index contributed by atoms with van der Waals surface area (Å²) in [5.74, 6) is -2.54.